The van der Waals surface area contributed by atoms with E-state index >= 15 is 0 Å². The number of anilines is 1. The second-order valence-electron chi connectivity index (χ2n) is 7.93. The van der Waals surface area contributed by atoms with E-state index < -0.39 is 0 Å². The number of hydroxylamine groups is 2. The monoisotopic (exact) mass is 430 g/mol. The maximum Gasteiger partial charge on any atom is 0.255 e. The summed E-state index contributed by atoms with van der Waals surface area (Å²) in [6, 6.07) is 6.14. The van der Waals surface area contributed by atoms with Gasteiger partial charge in [0.15, 0.2) is 0 Å². The molecule has 1 aromatic rings. The molecule has 2 atom stereocenters. The van der Waals surface area contributed by atoms with Gasteiger partial charge in [-0.2, -0.15) is 5.06 Å². The van der Waals surface area contributed by atoms with Gasteiger partial charge in [-0.1, -0.05) is 23.4 Å². The Kier molecular flexibility index (Phi) is 4.30. The second-order valence-corrected chi connectivity index (χ2v) is 9.66. The normalized spacial score (nSPS) is 30.3. The molecular weight excluding hydrogens is 408 g/mol. The molecule has 1 aliphatic carbocycles. The maximum atomic E-state index is 11.6. The highest BCUT2D eigenvalue weighted by Gasteiger charge is 2.53. The Morgan fingerprint density at radius 1 is 1.41 bits per heavy atom. The molecule has 1 aromatic carbocycles. The predicted octanol–water partition coefficient (Wildman–Crippen LogP) is 2.87. The summed E-state index contributed by atoms with van der Waals surface area (Å²) in [4.78, 5) is 19.7. The fourth-order valence-electron chi connectivity index (χ4n) is 4.70. The molecule has 152 valence electrons. The number of benzene rings is 1. The van der Waals surface area contributed by atoms with Gasteiger partial charge in [-0.15, -0.1) is 0 Å². The van der Waals surface area contributed by atoms with Crippen LogP contribution in [0, 0.1) is 0 Å². The number of rotatable bonds is 5. The third kappa shape index (κ3) is 2.91. The van der Waals surface area contributed by atoms with Crippen molar-refractivity contribution in [2.45, 2.75) is 23.6 Å². The van der Waals surface area contributed by atoms with Gasteiger partial charge in [0, 0.05) is 35.8 Å². The van der Waals surface area contributed by atoms with Gasteiger partial charge in [0.1, 0.15) is 10.7 Å². The van der Waals surface area contributed by atoms with E-state index in [4.69, 9.17) is 22.2 Å². The van der Waals surface area contributed by atoms with E-state index in [0.29, 0.717) is 4.91 Å². The maximum absolute atomic E-state index is 11.6. The summed E-state index contributed by atoms with van der Waals surface area (Å²) in [7, 11) is 1.73. The van der Waals surface area contributed by atoms with Crippen molar-refractivity contribution in [1.82, 2.24) is 10.4 Å². The predicted molar refractivity (Wildman–Crippen MR) is 116 cm³/mol. The third-order valence-corrected chi connectivity index (χ3v) is 7.79. The molecule has 8 heteroatoms. The first-order chi connectivity index (χ1) is 13.9. The van der Waals surface area contributed by atoms with Crippen molar-refractivity contribution in [2.24, 2.45) is 5.73 Å². The lowest BCUT2D eigenvalue weighted by molar-refractivity contribution is -0.115. The van der Waals surface area contributed by atoms with E-state index in [-0.39, 0.29) is 16.2 Å². The molecule has 0 radical (unpaired) electrons. The smallest absolute Gasteiger partial charge is 0.255 e. The molecule has 3 N–H and O–H groups in total. The zero-order chi connectivity index (χ0) is 20.4. The van der Waals surface area contributed by atoms with Crippen LogP contribution in [0.4, 0.5) is 5.69 Å². The van der Waals surface area contributed by atoms with Crippen LogP contribution in [0.15, 0.2) is 52.7 Å². The van der Waals surface area contributed by atoms with Gasteiger partial charge in [0.25, 0.3) is 5.91 Å². The summed E-state index contributed by atoms with van der Waals surface area (Å²) in [5, 5.41) is 6.42. The van der Waals surface area contributed by atoms with E-state index in [0.717, 1.165) is 48.2 Å². The number of thioether (sulfide) groups is 1. The Bertz CT molecular complexity index is 1010. The number of nitrogens with two attached hydrogens (primary N) is 1. The van der Waals surface area contributed by atoms with Crippen LogP contribution >= 0.6 is 23.4 Å². The summed E-state index contributed by atoms with van der Waals surface area (Å²) in [5.41, 5.74) is 8.98. The van der Waals surface area contributed by atoms with Crippen molar-refractivity contribution < 1.29 is 9.63 Å². The number of nitrogens with one attached hydrogen (secondary N) is 1. The minimum Gasteiger partial charge on any atom is -0.365 e. The summed E-state index contributed by atoms with van der Waals surface area (Å²) < 4.78 is 0. The number of carbonyl (C=O) groups is 1. The summed E-state index contributed by atoms with van der Waals surface area (Å²) in [5.74, 6) is 0.635. The minimum absolute atomic E-state index is 0.0247. The number of nitrogens with zero attached hydrogens (tertiary/aromatic N) is 2. The molecular formula is C21H23ClN4O2S. The molecule has 0 aromatic heterocycles. The quantitative estimate of drug-likeness (QED) is 0.748. The standard InChI is InChI=1S/C21H23ClN4O2S/c1-3-18(24-21-10-13(21)8-17(29-21)19(23)27)26-12-20(6-7-25(11-20)28-2)15-9-14(22)4-5-16(15)26/h3-5,8-10,24H,6-7,11-12H2,1-2H3,(H2,23,27). The van der Waals surface area contributed by atoms with Gasteiger partial charge >= 0.3 is 0 Å². The molecule has 3 aliphatic heterocycles. The molecule has 6 nitrogen and oxygen atoms in total. The Balaban J connectivity index is 1.44. The number of halogens is 1. The topological polar surface area (TPSA) is 70.8 Å². The van der Waals surface area contributed by atoms with Gasteiger partial charge < -0.3 is 20.8 Å². The lowest BCUT2D eigenvalue weighted by Crippen LogP contribution is -2.42. The zero-order valence-electron chi connectivity index (χ0n) is 16.4. The van der Waals surface area contributed by atoms with Crippen molar-refractivity contribution in [1.29, 1.82) is 0 Å². The Labute approximate surface area is 179 Å². The summed E-state index contributed by atoms with van der Waals surface area (Å²) in [6.07, 6.45) is 7.10. The number of amides is 1. The number of allylic oxidation sites excluding steroid dienone is 1. The highest BCUT2D eigenvalue weighted by atomic mass is 35.5. The van der Waals surface area contributed by atoms with Gasteiger partial charge in [-0.3, -0.25) is 4.79 Å². The van der Waals surface area contributed by atoms with E-state index in [1.54, 1.807) is 7.11 Å². The molecule has 2 unspecified atom stereocenters. The molecule has 5 rings (SSSR count). The zero-order valence-corrected chi connectivity index (χ0v) is 17.9. The molecule has 1 fully saturated rings. The molecule has 1 amide bonds. The minimum atomic E-state index is -0.378. The molecule has 1 spiro atoms. The Morgan fingerprint density at radius 3 is 2.90 bits per heavy atom. The highest BCUT2D eigenvalue weighted by molar-refractivity contribution is 8.06. The van der Waals surface area contributed by atoms with Crippen molar-refractivity contribution in [3.8, 4) is 0 Å². The van der Waals surface area contributed by atoms with Crippen LogP contribution in [-0.4, -0.2) is 42.6 Å². The number of hydrogen-bond donors (Lipinski definition) is 2. The lowest BCUT2D eigenvalue weighted by Gasteiger charge is -2.30. The van der Waals surface area contributed by atoms with Crippen molar-refractivity contribution in [3.05, 3.63) is 63.3 Å². The largest absolute Gasteiger partial charge is 0.365 e. The van der Waals surface area contributed by atoms with Gasteiger partial charge in [0.05, 0.1) is 12.0 Å². The second kappa shape index (κ2) is 6.54. The highest BCUT2D eigenvalue weighted by Crippen LogP contribution is 2.56. The fraction of sp³-hybridized carbons (Fsp3) is 0.381. The van der Waals surface area contributed by atoms with Crippen LogP contribution in [-0.2, 0) is 15.0 Å². The van der Waals surface area contributed by atoms with Crippen molar-refractivity contribution >= 4 is 35.0 Å². The van der Waals surface area contributed by atoms with Crippen LogP contribution in [0.2, 0.25) is 5.02 Å². The summed E-state index contributed by atoms with van der Waals surface area (Å²) in [6.45, 7) is 4.61. The van der Waals surface area contributed by atoms with Gasteiger partial charge in [0.2, 0.25) is 0 Å². The van der Waals surface area contributed by atoms with E-state index in [2.05, 4.69) is 34.5 Å². The fourth-order valence-corrected chi connectivity index (χ4v) is 6.02. The van der Waals surface area contributed by atoms with Crippen molar-refractivity contribution in [2.75, 3.05) is 31.6 Å². The molecule has 4 aliphatic rings. The Morgan fingerprint density at radius 2 is 2.24 bits per heavy atom. The average molecular weight is 431 g/mol. The van der Waals surface area contributed by atoms with Crippen molar-refractivity contribution in [3.63, 3.8) is 0 Å². The first-order valence-electron chi connectivity index (χ1n) is 9.65. The van der Waals surface area contributed by atoms with Crippen LogP contribution in [0.3, 0.4) is 0 Å². The molecule has 3 heterocycles. The molecule has 0 saturated carbocycles. The Hall–Kier alpha value is -1.93. The number of carbonyl (C=O) groups excluding carboxylic acids is 1. The molecule has 1 saturated heterocycles. The van der Waals surface area contributed by atoms with E-state index in [1.165, 1.54) is 17.3 Å². The lowest BCUT2D eigenvalue weighted by atomic mass is 9.82. The SMILES string of the molecule is CC=C(NC12C=C1C=C(C(N)=O)S2)N1CC2(CCN(OC)C2)c2cc(Cl)ccc21. The van der Waals surface area contributed by atoms with E-state index in [1.807, 2.05) is 24.1 Å². The number of hydrogen-bond acceptors (Lipinski definition) is 6. The van der Waals surface area contributed by atoms with Gasteiger partial charge in [-0.05, 0) is 60.9 Å². The molecule has 0 bridgehead atoms. The van der Waals surface area contributed by atoms with E-state index in [9.17, 15) is 4.79 Å². The summed E-state index contributed by atoms with van der Waals surface area (Å²) >= 11 is 7.85. The number of primary amides is 1. The van der Waals surface area contributed by atoms with Crippen LogP contribution < -0.4 is 16.0 Å². The van der Waals surface area contributed by atoms with Crippen LogP contribution in [0.5, 0.6) is 0 Å². The number of fused-ring (bicyclic) bond motifs is 3. The van der Waals surface area contributed by atoms with Gasteiger partial charge in [-0.25, -0.2) is 0 Å². The third-order valence-electron chi connectivity index (χ3n) is 6.24. The molecule has 29 heavy (non-hydrogen) atoms. The first-order valence-corrected chi connectivity index (χ1v) is 10.8. The van der Waals surface area contributed by atoms with Crippen LogP contribution in [0.25, 0.3) is 0 Å². The average Bonchev–Trinajstić information content (AvgIpc) is 3.04. The first kappa shape index (κ1) is 19.1. The van der Waals surface area contributed by atoms with Crippen LogP contribution in [0.1, 0.15) is 18.9 Å².